The lowest BCUT2D eigenvalue weighted by Gasteiger charge is -2.12. The van der Waals surface area contributed by atoms with E-state index in [1.807, 2.05) is 30.3 Å². The first-order chi connectivity index (χ1) is 24.7. The molecule has 0 aliphatic carbocycles. The van der Waals surface area contributed by atoms with Crippen LogP contribution in [0, 0.1) is 0 Å². The van der Waals surface area contributed by atoms with Gasteiger partial charge in [0, 0.05) is 16.7 Å². The fourth-order valence-electron chi connectivity index (χ4n) is 6.73. The summed E-state index contributed by atoms with van der Waals surface area (Å²) in [6, 6.07) is 65.9. The molecule has 0 unspecified atom stereocenters. The van der Waals surface area contributed by atoms with Gasteiger partial charge in [0.05, 0.1) is 0 Å². The predicted octanol–water partition coefficient (Wildman–Crippen LogP) is 12.2. The standard InChI is InChI=1S/C47H31N3/c1-3-12-32(13-4-1)36-24-25-39-29-37(26-27-38(39)28-36)35-18-9-20-41(30-35)46-48-45(34-15-5-2-6-16-34)49-47(50-46)42-21-10-19-40(31-42)44-23-11-17-33-14-7-8-22-43(33)44/h1-31H. The van der Waals surface area contributed by atoms with E-state index in [2.05, 4.69) is 158 Å². The van der Waals surface area contributed by atoms with Crippen LogP contribution in [0.4, 0.5) is 0 Å². The Kier molecular flexibility index (Phi) is 7.49. The molecule has 0 spiro atoms. The van der Waals surface area contributed by atoms with Crippen molar-refractivity contribution in [1.82, 2.24) is 15.0 Å². The molecule has 3 heteroatoms. The van der Waals surface area contributed by atoms with E-state index in [1.54, 1.807) is 0 Å². The highest BCUT2D eigenvalue weighted by Crippen LogP contribution is 2.34. The maximum atomic E-state index is 5.10. The molecule has 1 heterocycles. The van der Waals surface area contributed by atoms with E-state index in [9.17, 15) is 0 Å². The number of rotatable bonds is 6. The molecule has 3 nitrogen and oxygen atoms in total. The maximum Gasteiger partial charge on any atom is 0.164 e. The molecule has 50 heavy (non-hydrogen) atoms. The molecule has 0 atom stereocenters. The summed E-state index contributed by atoms with van der Waals surface area (Å²) < 4.78 is 0. The minimum Gasteiger partial charge on any atom is -0.208 e. The van der Waals surface area contributed by atoms with E-state index in [0.717, 1.165) is 33.4 Å². The largest absolute Gasteiger partial charge is 0.208 e. The van der Waals surface area contributed by atoms with Crippen LogP contribution < -0.4 is 0 Å². The van der Waals surface area contributed by atoms with Crippen molar-refractivity contribution < 1.29 is 0 Å². The molecule has 234 valence electrons. The van der Waals surface area contributed by atoms with Gasteiger partial charge in [0.1, 0.15) is 0 Å². The number of benzene rings is 8. The summed E-state index contributed by atoms with van der Waals surface area (Å²) in [4.78, 5) is 15.1. The molecule has 0 N–H and O–H groups in total. The van der Waals surface area contributed by atoms with Crippen LogP contribution in [0.3, 0.4) is 0 Å². The fourth-order valence-corrected chi connectivity index (χ4v) is 6.73. The van der Waals surface area contributed by atoms with Crippen LogP contribution in [0.25, 0.3) is 89.1 Å². The third kappa shape index (κ3) is 5.72. The van der Waals surface area contributed by atoms with Gasteiger partial charge in [0.15, 0.2) is 17.5 Å². The van der Waals surface area contributed by atoms with Gasteiger partial charge in [-0.1, -0.05) is 164 Å². The van der Waals surface area contributed by atoms with Crippen LogP contribution in [0.15, 0.2) is 188 Å². The molecule has 8 aromatic carbocycles. The van der Waals surface area contributed by atoms with Crippen molar-refractivity contribution in [3.63, 3.8) is 0 Å². The van der Waals surface area contributed by atoms with Crippen LogP contribution in [0.5, 0.6) is 0 Å². The lowest BCUT2D eigenvalue weighted by Crippen LogP contribution is -2.00. The van der Waals surface area contributed by atoms with Crippen molar-refractivity contribution >= 4 is 21.5 Å². The Balaban J connectivity index is 1.12. The Labute approximate surface area is 291 Å². The monoisotopic (exact) mass is 637 g/mol. The highest BCUT2D eigenvalue weighted by Gasteiger charge is 2.14. The highest BCUT2D eigenvalue weighted by molar-refractivity contribution is 5.97. The number of hydrogen-bond donors (Lipinski definition) is 0. The average Bonchev–Trinajstić information content (AvgIpc) is 3.21. The molecule has 0 bridgehead atoms. The third-order valence-electron chi connectivity index (χ3n) is 9.29. The molecule has 9 aromatic rings. The molecule has 0 radical (unpaired) electrons. The summed E-state index contributed by atoms with van der Waals surface area (Å²) in [5, 5.41) is 4.85. The molecule has 1 aromatic heterocycles. The van der Waals surface area contributed by atoms with Gasteiger partial charge in [-0.3, -0.25) is 0 Å². The summed E-state index contributed by atoms with van der Waals surface area (Å²) in [5.41, 5.74) is 9.82. The average molecular weight is 638 g/mol. The fraction of sp³-hybridized carbons (Fsp3) is 0. The first-order valence-electron chi connectivity index (χ1n) is 16.9. The van der Waals surface area contributed by atoms with Crippen LogP contribution in [-0.4, -0.2) is 15.0 Å². The zero-order valence-electron chi connectivity index (χ0n) is 27.2. The molecule has 0 fully saturated rings. The maximum absolute atomic E-state index is 5.10. The third-order valence-corrected chi connectivity index (χ3v) is 9.29. The molecule has 0 saturated heterocycles. The van der Waals surface area contributed by atoms with E-state index in [1.165, 1.54) is 38.2 Å². The summed E-state index contributed by atoms with van der Waals surface area (Å²) in [5.74, 6) is 1.92. The zero-order valence-corrected chi connectivity index (χ0v) is 27.2. The Morgan fingerprint density at radius 1 is 0.240 bits per heavy atom. The second-order valence-corrected chi connectivity index (χ2v) is 12.5. The van der Waals surface area contributed by atoms with E-state index in [0.29, 0.717) is 17.5 Å². The molecule has 9 rings (SSSR count). The minimum absolute atomic E-state index is 0.638. The van der Waals surface area contributed by atoms with Gasteiger partial charge in [-0.25, -0.2) is 15.0 Å². The first kappa shape index (κ1) is 29.4. The highest BCUT2D eigenvalue weighted by atomic mass is 15.0. The van der Waals surface area contributed by atoms with Gasteiger partial charge in [0.25, 0.3) is 0 Å². The predicted molar refractivity (Wildman–Crippen MR) is 207 cm³/mol. The topological polar surface area (TPSA) is 38.7 Å². The molecule has 0 aliphatic heterocycles. The lowest BCUT2D eigenvalue weighted by atomic mass is 9.96. The van der Waals surface area contributed by atoms with Gasteiger partial charge in [0.2, 0.25) is 0 Å². The van der Waals surface area contributed by atoms with E-state index in [4.69, 9.17) is 15.0 Å². The summed E-state index contributed by atoms with van der Waals surface area (Å²) in [6.45, 7) is 0. The Bertz CT molecular complexity index is 2640. The Hall–Kier alpha value is -6.71. The SMILES string of the molecule is c1ccc(-c2ccc3cc(-c4cccc(-c5nc(-c6ccccc6)nc(-c6cccc(-c7cccc8ccccc78)c6)n5)c4)ccc3c2)cc1. The van der Waals surface area contributed by atoms with Gasteiger partial charge >= 0.3 is 0 Å². The number of aromatic nitrogens is 3. The summed E-state index contributed by atoms with van der Waals surface area (Å²) in [6.07, 6.45) is 0. The van der Waals surface area contributed by atoms with Crippen molar-refractivity contribution in [3.05, 3.63) is 188 Å². The number of fused-ring (bicyclic) bond motifs is 2. The van der Waals surface area contributed by atoms with Crippen LogP contribution in [0.1, 0.15) is 0 Å². The second kappa shape index (κ2) is 12.7. The molecule has 0 saturated carbocycles. The zero-order chi connectivity index (χ0) is 33.3. The van der Waals surface area contributed by atoms with E-state index >= 15 is 0 Å². The van der Waals surface area contributed by atoms with Crippen LogP contribution >= 0.6 is 0 Å². The van der Waals surface area contributed by atoms with Gasteiger partial charge in [-0.05, 0) is 79.2 Å². The van der Waals surface area contributed by atoms with Gasteiger partial charge in [-0.2, -0.15) is 0 Å². The van der Waals surface area contributed by atoms with Crippen molar-refractivity contribution in [2.24, 2.45) is 0 Å². The Morgan fingerprint density at radius 3 is 1.36 bits per heavy atom. The molecular weight excluding hydrogens is 607 g/mol. The molecular formula is C47H31N3. The smallest absolute Gasteiger partial charge is 0.164 e. The second-order valence-electron chi connectivity index (χ2n) is 12.5. The van der Waals surface area contributed by atoms with Crippen molar-refractivity contribution in [2.75, 3.05) is 0 Å². The summed E-state index contributed by atoms with van der Waals surface area (Å²) >= 11 is 0. The van der Waals surface area contributed by atoms with E-state index < -0.39 is 0 Å². The van der Waals surface area contributed by atoms with E-state index in [-0.39, 0.29) is 0 Å². The number of nitrogens with zero attached hydrogens (tertiary/aromatic N) is 3. The van der Waals surface area contributed by atoms with Crippen LogP contribution in [0.2, 0.25) is 0 Å². The van der Waals surface area contributed by atoms with Gasteiger partial charge in [-0.15, -0.1) is 0 Å². The quantitative estimate of drug-likeness (QED) is 0.182. The Morgan fingerprint density at radius 2 is 0.680 bits per heavy atom. The summed E-state index contributed by atoms with van der Waals surface area (Å²) in [7, 11) is 0. The number of hydrogen-bond acceptors (Lipinski definition) is 3. The van der Waals surface area contributed by atoms with Crippen LogP contribution in [-0.2, 0) is 0 Å². The lowest BCUT2D eigenvalue weighted by molar-refractivity contribution is 1.07. The molecule has 0 amide bonds. The normalized spacial score (nSPS) is 11.2. The van der Waals surface area contributed by atoms with Crippen molar-refractivity contribution in [2.45, 2.75) is 0 Å². The van der Waals surface area contributed by atoms with Crippen molar-refractivity contribution in [3.8, 4) is 67.5 Å². The van der Waals surface area contributed by atoms with Crippen molar-refractivity contribution in [1.29, 1.82) is 0 Å². The van der Waals surface area contributed by atoms with Gasteiger partial charge < -0.3 is 0 Å². The minimum atomic E-state index is 0.638. The molecule has 0 aliphatic rings. The first-order valence-corrected chi connectivity index (χ1v) is 16.9.